The summed E-state index contributed by atoms with van der Waals surface area (Å²) in [7, 11) is 0. The van der Waals surface area contributed by atoms with E-state index in [2.05, 4.69) is 65.4 Å². The molecule has 2 aromatic rings. The Hall–Kier alpha value is -1.87. The Labute approximate surface area is 127 Å². The van der Waals surface area contributed by atoms with Crippen molar-refractivity contribution in [3.63, 3.8) is 0 Å². The Bertz CT molecular complexity index is 582. The van der Waals surface area contributed by atoms with E-state index in [1.165, 1.54) is 17.5 Å². The molecule has 0 bridgehead atoms. The minimum absolute atomic E-state index is 0.474. The highest BCUT2D eigenvalue weighted by atomic mass is 15.2. The molecule has 1 aliphatic rings. The molecule has 1 N–H and O–H groups in total. The van der Waals surface area contributed by atoms with Crippen molar-refractivity contribution in [2.75, 3.05) is 11.9 Å². The Morgan fingerprint density at radius 3 is 2.76 bits per heavy atom. The standard InChI is InChI=1S/C18H23N3/c1-14-7-6-11-19-18(14)20-17-10-12-21(15(17)2)13-16-8-4-3-5-9-16/h3-9,11,15,17H,10,12-13H2,1-2H3,(H,19,20). The minimum Gasteiger partial charge on any atom is -0.366 e. The lowest BCUT2D eigenvalue weighted by molar-refractivity contribution is 0.255. The Kier molecular flexibility index (Phi) is 4.20. The molecule has 0 saturated carbocycles. The number of pyridine rings is 1. The molecule has 2 atom stereocenters. The highest BCUT2D eigenvalue weighted by molar-refractivity contribution is 5.44. The molecule has 0 radical (unpaired) electrons. The number of aromatic nitrogens is 1. The van der Waals surface area contributed by atoms with E-state index in [9.17, 15) is 0 Å². The van der Waals surface area contributed by atoms with Crippen molar-refractivity contribution < 1.29 is 0 Å². The van der Waals surface area contributed by atoms with Gasteiger partial charge in [-0.25, -0.2) is 4.98 Å². The van der Waals surface area contributed by atoms with Gasteiger partial charge in [-0.2, -0.15) is 0 Å². The van der Waals surface area contributed by atoms with E-state index in [0.29, 0.717) is 12.1 Å². The van der Waals surface area contributed by atoms with Crippen LogP contribution in [0.1, 0.15) is 24.5 Å². The van der Waals surface area contributed by atoms with Gasteiger partial charge in [-0.3, -0.25) is 4.90 Å². The SMILES string of the molecule is Cc1cccnc1NC1CCN(Cc2ccccc2)C1C. The zero-order valence-electron chi connectivity index (χ0n) is 12.8. The fourth-order valence-corrected chi connectivity index (χ4v) is 3.05. The molecule has 110 valence electrons. The van der Waals surface area contributed by atoms with Crippen LogP contribution in [-0.2, 0) is 6.54 Å². The van der Waals surface area contributed by atoms with Gasteiger partial charge < -0.3 is 5.32 Å². The van der Waals surface area contributed by atoms with Crippen molar-refractivity contribution in [2.24, 2.45) is 0 Å². The molecule has 2 unspecified atom stereocenters. The molecular formula is C18H23N3. The average Bonchev–Trinajstić information content (AvgIpc) is 2.84. The van der Waals surface area contributed by atoms with Gasteiger partial charge in [0.15, 0.2) is 0 Å². The van der Waals surface area contributed by atoms with Gasteiger partial charge >= 0.3 is 0 Å². The fraction of sp³-hybridized carbons (Fsp3) is 0.389. The van der Waals surface area contributed by atoms with Crippen LogP contribution in [0.2, 0.25) is 0 Å². The van der Waals surface area contributed by atoms with Gasteiger partial charge in [0.25, 0.3) is 0 Å². The van der Waals surface area contributed by atoms with Crippen LogP contribution < -0.4 is 5.32 Å². The predicted molar refractivity (Wildman–Crippen MR) is 87.3 cm³/mol. The molecule has 1 aromatic carbocycles. The molecule has 0 spiro atoms. The third kappa shape index (κ3) is 3.24. The van der Waals surface area contributed by atoms with Crippen LogP contribution >= 0.6 is 0 Å². The number of nitrogens with one attached hydrogen (secondary N) is 1. The first kappa shape index (κ1) is 14.1. The Balaban J connectivity index is 1.64. The third-order valence-electron chi connectivity index (χ3n) is 4.45. The van der Waals surface area contributed by atoms with E-state index in [-0.39, 0.29) is 0 Å². The normalized spacial score (nSPS) is 22.4. The quantitative estimate of drug-likeness (QED) is 0.930. The van der Waals surface area contributed by atoms with Gasteiger partial charge in [0.2, 0.25) is 0 Å². The van der Waals surface area contributed by atoms with E-state index < -0.39 is 0 Å². The fourth-order valence-electron chi connectivity index (χ4n) is 3.05. The van der Waals surface area contributed by atoms with Crippen LogP contribution in [0.25, 0.3) is 0 Å². The van der Waals surface area contributed by atoms with E-state index in [1.54, 1.807) is 0 Å². The summed E-state index contributed by atoms with van der Waals surface area (Å²) >= 11 is 0. The first-order chi connectivity index (χ1) is 10.2. The molecule has 21 heavy (non-hydrogen) atoms. The van der Waals surface area contributed by atoms with Gasteiger partial charge in [0.1, 0.15) is 5.82 Å². The molecule has 3 rings (SSSR count). The summed E-state index contributed by atoms with van der Waals surface area (Å²) < 4.78 is 0. The summed E-state index contributed by atoms with van der Waals surface area (Å²) in [5.41, 5.74) is 2.60. The van der Waals surface area contributed by atoms with Crippen molar-refractivity contribution in [1.29, 1.82) is 0 Å². The maximum Gasteiger partial charge on any atom is 0.129 e. The van der Waals surface area contributed by atoms with Crippen molar-refractivity contribution >= 4 is 5.82 Å². The molecule has 3 nitrogen and oxygen atoms in total. The van der Waals surface area contributed by atoms with E-state index in [0.717, 1.165) is 18.9 Å². The van der Waals surface area contributed by atoms with E-state index in [1.807, 2.05) is 12.3 Å². The van der Waals surface area contributed by atoms with Gasteiger partial charge in [-0.15, -0.1) is 0 Å². The largest absolute Gasteiger partial charge is 0.366 e. The number of hydrogen-bond acceptors (Lipinski definition) is 3. The summed E-state index contributed by atoms with van der Waals surface area (Å²) in [5, 5.41) is 3.62. The van der Waals surface area contributed by atoms with Gasteiger partial charge in [-0.05, 0) is 37.5 Å². The number of aryl methyl sites for hydroxylation is 1. The second-order valence-corrected chi connectivity index (χ2v) is 5.91. The van der Waals surface area contributed by atoms with Crippen LogP contribution in [0.15, 0.2) is 48.7 Å². The van der Waals surface area contributed by atoms with E-state index >= 15 is 0 Å². The third-order valence-corrected chi connectivity index (χ3v) is 4.45. The number of rotatable bonds is 4. The Morgan fingerprint density at radius 1 is 1.19 bits per heavy atom. The monoisotopic (exact) mass is 281 g/mol. The number of likely N-dealkylation sites (tertiary alicyclic amines) is 1. The van der Waals surface area contributed by atoms with Crippen molar-refractivity contribution in [2.45, 2.75) is 38.9 Å². The van der Waals surface area contributed by atoms with Gasteiger partial charge in [0.05, 0.1) is 0 Å². The molecule has 2 heterocycles. The minimum atomic E-state index is 0.474. The summed E-state index contributed by atoms with van der Waals surface area (Å²) in [5.74, 6) is 1.02. The molecule has 0 aliphatic carbocycles. The van der Waals surface area contributed by atoms with Crippen molar-refractivity contribution in [3.05, 3.63) is 59.8 Å². The van der Waals surface area contributed by atoms with Crippen LogP contribution in [0, 0.1) is 6.92 Å². The van der Waals surface area contributed by atoms with Gasteiger partial charge in [0, 0.05) is 31.4 Å². The zero-order chi connectivity index (χ0) is 14.7. The van der Waals surface area contributed by atoms with Gasteiger partial charge in [-0.1, -0.05) is 36.4 Å². The lowest BCUT2D eigenvalue weighted by Crippen LogP contribution is -2.36. The molecular weight excluding hydrogens is 258 g/mol. The summed E-state index contributed by atoms with van der Waals surface area (Å²) in [6, 6.07) is 15.8. The van der Waals surface area contributed by atoms with Crippen LogP contribution in [-0.4, -0.2) is 28.5 Å². The van der Waals surface area contributed by atoms with Crippen molar-refractivity contribution in [1.82, 2.24) is 9.88 Å². The first-order valence-corrected chi connectivity index (χ1v) is 7.70. The molecule has 0 amide bonds. The lowest BCUT2D eigenvalue weighted by Gasteiger charge is -2.25. The molecule has 1 aliphatic heterocycles. The second kappa shape index (κ2) is 6.27. The summed E-state index contributed by atoms with van der Waals surface area (Å²) in [6.45, 7) is 6.59. The molecule has 3 heteroatoms. The number of nitrogens with zero attached hydrogens (tertiary/aromatic N) is 2. The maximum absolute atomic E-state index is 4.46. The number of anilines is 1. The molecule has 1 aromatic heterocycles. The number of hydrogen-bond donors (Lipinski definition) is 1. The van der Waals surface area contributed by atoms with Crippen LogP contribution in [0.5, 0.6) is 0 Å². The summed E-state index contributed by atoms with van der Waals surface area (Å²) in [4.78, 5) is 7.00. The topological polar surface area (TPSA) is 28.2 Å². The lowest BCUT2D eigenvalue weighted by atomic mass is 10.1. The second-order valence-electron chi connectivity index (χ2n) is 5.91. The Morgan fingerprint density at radius 2 is 2.00 bits per heavy atom. The number of benzene rings is 1. The van der Waals surface area contributed by atoms with Crippen LogP contribution in [0.4, 0.5) is 5.82 Å². The maximum atomic E-state index is 4.46. The smallest absolute Gasteiger partial charge is 0.129 e. The van der Waals surface area contributed by atoms with Crippen molar-refractivity contribution in [3.8, 4) is 0 Å². The average molecular weight is 281 g/mol. The predicted octanol–water partition coefficient (Wildman–Crippen LogP) is 3.46. The highest BCUT2D eigenvalue weighted by Gasteiger charge is 2.30. The molecule has 1 saturated heterocycles. The first-order valence-electron chi connectivity index (χ1n) is 7.70. The highest BCUT2D eigenvalue weighted by Crippen LogP contribution is 2.24. The van der Waals surface area contributed by atoms with Crippen LogP contribution in [0.3, 0.4) is 0 Å². The summed E-state index contributed by atoms with van der Waals surface area (Å²) in [6.07, 6.45) is 3.03. The molecule has 1 fully saturated rings. The van der Waals surface area contributed by atoms with E-state index in [4.69, 9.17) is 0 Å². The zero-order valence-corrected chi connectivity index (χ0v) is 12.8.